The van der Waals surface area contributed by atoms with Crippen molar-refractivity contribution in [2.75, 3.05) is 13.2 Å². The van der Waals surface area contributed by atoms with E-state index in [4.69, 9.17) is 4.74 Å². The lowest BCUT2D eigenvalue weighted by Crippen LogP contribution is -2.26. The molecule has 0 bridgehead atoms. The second-order valence-electron chi connectivity index (χ2n) is 6.16. The van der Waals surface area contributed by atoms with Crippen molar-refractivity contribution >= 4 is 16.9 Å². The van der Waals surface area contributed by atoms with Crippen LogP contribution in [0.5, 0.6) is 0 Å². The number of rotatable bonds is 6. The third kappa shape index (κ3) is 3.36. The smallest absolute Gasteiger partial charge is 0.343 e. The minimum absolute atomic E-state index is 0.0108. The van der Waals surface area contributed by atoms with Crippen molar-refractivity contribution in [2.24, 2.45) is 5.92 Å². The van der Waals surface area contributed by atoms with Gasteiger partial charge in [-0.05, 0) is 31.9 Å². The molecule has 0 aliphatic rings. The summed E-state index contributed by atoms with van der Waals surface area (Å²) in [6, 6.07) is 5.36. The van der Waals surface area contributed by atoms with E-state index in [1.54, 1.807) is 13.0 Å². The number of carbonyl (C=O) groups excluding carboxylic acids is 1. The number of hydrogen-bond acceptors (Lipinski definition) is 4. The highest BCUT2D eigenvalue weighted by Crippen LogP contribution is 2.25. The maximum Gasteiger partial charge on any atom is 0.343 e. The van der Waals surface area contributed by atoms with Crippen molar-refractivity contribution in [1.82, 2.24) is 4.57 Å². The summed E-state index contributed by atoms with van der Waals surface area (Å²) < 4.78 is 6.87. The number of pyridine rings is 1. The molecule has 0 spiro atoms. The zero-order valence-electron chi connectivity index (χ0n) is 14.7. The summed E-state index contributed by atoms with van der Waals surface area (Å²) in [5, 5.41) is 10.4. The summed E-state index contributed by atoms with van der Waals surface area (Å²) in [6.07, 6.45) is 2.41. The van der Waals surface area contributed by atoms with E-state index in [0.717, 1.165) is 17.5 Å². The Bertz CT molecular complexity index is 794. The van der Waals surface area contributed by atoms with E-state index in [9.17, 15) is 14.7 Å². The van der Waals surface area contributed by atoms with E-state index in [-0.39, 0.29) is 36.2 Å². The molecule has 2 aromatic rings. The number of nitrogens with zero attached hydrogens (tertiary/aromatic N) is 1. The van der Waals surface area contributed by atoms with Gasteiger partial charge in [-0.3, -0.25) is 4.79 Å². The van der Waals surface area contributed by atoms with Crippen LogP contribution in [-0.4, -0.2) is 28.9 Å². The number of fused-ring (bicyclic) bond motifs is 1. The van der Waals surface area contributed by atoms with Crippen molar-refractivity contribution in [3.8, 4) is 0 Å². The standard InChI is InChI=1S/C19H25NO4/c1-5-13(4)17(11-21)20-10-15(19(23)24-6-2)18(22)14-9-12(3)7-8-16(14)20/h7-10,13,17,21H,5-6,11H2,1-4H3/t13-,17+/m0/s1. The quantitative estimate of drug-likeness (QED) is 0.826. The predicted molar refractivity (Wildman–Crippen MR) is 94.5 cm³/mol. The number of esters is 1. The number of aromatic nitrogens is 1. The SMILES string of the molecule is CCOC(=O)c1cn([C@H](CO)[C@@H](C)CC)c2ccc(C)cc2c1=O. The minimum atomic E-state index is -0.625. The van der Waals surface area contributed by atoms with Crippen molar-refractivity contribution in [2.45, 2.75) is 40.2 Å². The first kappa shape index (κ1) is 18.2. The number of aliphatic hydroxyl groups excluding tert-OH is 1. The number of benzene rings is 1. The van der Waals surface area contributed by atoms with Crippen molar-refractivity contribution < 1.29 is 14.6 Å². The maximum atomic E-state index is 12.7. The van der Waals surface area contributed by atoms with E-state index in [1.165, 1.54) is 6.20 Å². The van der Waals surface area contributed by atoms with Gasteiger partial charge in [-0.25, -0.2) is 4.79 Å². The molecule has 1 aromatic carbocycles. The Hall–Kier alpha value is -2.14. The molecule has 0 fully saturated rings. The predicted octanol–water partition coefficient (Wildman–Crippen LogP) is 3.07. The molecule has 0 unspecified atom stereocenters. The molecule has 0 amide bonds. The highest BCUT2D eigenvalue weighted by molar-refractivity contribution is 5.94. The Kier molecular flexibility index (Phi) is 5.78. The molecule has 1 N–H and O–H groups in total. The van der Waals surface area contributed by atoms with Gasteiger partial charge in [0, 0.05) is 11.6 Å². The topological polar surface area (TPSA) is 68.5 Å². The molecular formula is C19H25NO4. The van der Waals surface area contributed by atoms with Crippen molar-refractivity contribution in [3.63, 3.8) is 0 Å². The van der Waals surface area contributed by atoms with Crippen molar-refractivity contribution in [1.29, 1.82) is 0 Å². The van der Waals surface area contributed by atoms with Crippen LogP contribution >= 0.6 is 0 Å². The number of carbonyl (C=O) groups is 1. The van der Waals surface area contributed by atoms with Gasteiger partial charge in [0.25, 0.3) is 0 Å². The molecule has 5 heteroatoms. The molecule has 0 saturated heterocycles. The van der Waals surface area contributed by atoms with E-state index >= 15 is 0 Å². The summed E-state index contributed by atoms with van der Waals surface area (Å²) in [4.78, 5) is 24.9. The fourth-order valence-electron chi connectivity index (χ4n) is 2.91. The van der Waals surface area contributed by atoms with Gasteiger partial charge in [0.1, 0.15) is 5.56 Å². The van der Waals surface area contributed by atoms with Gasteiger partial charge in [-0.2, -0.15) is 0 Å². The lowest BCUT2D eigenvalue weighted by atomic mass is 9.98. The third-order valence-electron chi connectivity index (χ3n) is 4.53. The molecule has 1 heterocycles. The first-order valence-corrected chi connectivity index (χ1v) is 8.38. The molecule has 1 aromatic heterocycles. The fourth-order valence-corrected chi connectivity index (χ4v) is 2.91. The van der Waals surface area contributed by atoms with Crippen LogP contribution in [0.3, 0.4) is 0 Å². The summed E-state index contributed by atoms with van der Waals surface area (Å²) in [7, 11) is 0. The zero-order chi connectivity index (χ0) is 17.9. The second-order valence-corrected chi connectivity index (χ2v) is 6.16. The summed E-state index contributed by atoms with van der Waals surface area (Å²) in [5.41, 5.74) is 1.34. The second kappa shape index (κ2) is 7.62. The van der Waals surface area contributed by atoms with Gasteiger partial charge >= 0.3 is 5.97 Å². The maximum absolute atomic E-state index is 12.7. The Morgan fingerprint density at radius 2 is 2.04 bits per heavy atom. The molecule has 0 aliphatic carbocycles. The zero-order valence-corrected chi connectivity index (χ0v) is 14.7. The van der Waals surface area contributed by atoms with Gasteiger partial charge in [0.2, 0.25) is 5.43 Å². The molecule has 0 saturated carbocycles. The van der Waals surface area contributed by atoms with Gasteiger partial charge < -0.3 is 14.4 Å². The van der Waals surface area contributed by atoms with Crippen LogP contribution in [0.1, 0.15) is 49.2 Å². The number of aryl methyl sites for hydroxylation is 1. The van der Waals surface area contributed by atoms with Crippen LogP contribution < -0.4 is 5.43 Å². The summed E-state index contributed by atoms with van der Waals surface area (Å²) in [6.45, 7) is 7.84. The van der Waals surface area contributed by atoms with Gasteiger partial charge in [0.15, 0.2) is 0 Å². The molecule has 0 aliphatic heterocycles. The van der Waals surface area contributed by atoms with E-state index < -0.39 is 5.97 Å². The highest BCUT2D eigenvalue weighted by Gasteiger charge is 2.22. The number of hydrogen-bond donors (Lipinski definition) is 1. The Morgan fingerprint density at radius 3 is 2.62 bits per heavy atom. The Labute approximate surface area is 141 Å². The van der Waals surface area contributed by atoms with Gasteiger partial charge in [-0.15, -0.1) is 0 Å². The summed E-state index contributed by atoms with van der Waals surface area (Å²) in [5.74, 6) is -0.433. The first-order chi connectivity index (χ1) is 11.4. The lowest BCUT2D eigenvalue weighted by molar-refractivity contribution is 0.0523. The Balaban J connectivity index is 2.79. The molecular weight excluding hydrogens is 306 g/mol. The van der Waals surface area contributed by atoms with Gasteiger partial charge in [-0.1, -0.05) is 31.9 Å². The first-order valence-electron chi connectivity index (χ1n) is 8.38. The van der Waals surface area contributed by atoms with Crippen LogP contribution in [0, 0.1) is 12.8 Å². The minimum Gasteiger partial charge on any atom is -0.462 e. The van der Waals surface area contributed by atoms with E-state index in [1.807, 2.05) is 30.5 Å². The molecule has 2 rings (SSSR count). The highest BCUT2D eigenvalue weighted by atomic mass is 16.5. The average molecular weight is 331 g/mol. The third-order valence-corrected chi connectivity index (χ3v) is 4.53. The monoisotopic (exact) mass is 331 g/mol. The fraction of sp³-hybridized carbons (Fsp3) is 0.474. The average Bonchev–Trinajstić information content (AvgIpc) is 2.57. The van der Waals surface area contributed by atoms with E-state index in [2.05, 4.69) is 6.92 Å². The summed E-state index contributed by atoms with van der Waals surface area (Å²) >= 11 is 0. The van der Waals surface area contributed by atoms with Crippen molar-refractivity contribution in [3.05, 3.63) is 45.7 Å². The van der Waals surface area contributed by atoms with Gasteiger partial charge in [0.05, 0.1) is 24.8 Å². The molecule has 5 nitrogen and oxygen atoms in total. The largest absolute Gasteiger partial charge is 0.462 e. The molecule has 24 heavy (non-hydrogen) atoms. The van der Waals surface area contributed by atoms with Crippen LogP contribution in [0.25, 0.3) is 10.9 Å². The van der Waals surface area contributed by atoms with E-state index in [0.29, 0.717) is 5.39 Å². The Morgan fingerprint density at radius 1 is 1.33 bits per heavy atom. The van der Waals surface area contributed by atoms with Crippen LogP contribution in [0.2, 0.25) is 0 Å². The van der Waals surface area contributed by atoms with Crippen LogP contribution in [-0.2, 0) is 4.74 Å². The number of ether oxygens (including phenoxy) is 1. The molecule has 2 atom stereocenters. The normalized spacial score (nSPS) is 13.7. The molecule has 0 radical (unpaired) electrons. The molecule has 130 valence electrons. The lowest BCUT2D eigenvalue weighted by Gasteiger charge is -2.26. The van der Waals surface area contributed by atoms with Crippen LogP contribution in [0.4, 0.5) is 0 Å². The number of aliphatic hydroxyl groups is 1. The van der Waals surface area contributed by atoms with Crippen LogP contribution in [0.15, 0.2) is 29.2 Å².